The second-order valence-corrected chi connectivity index (χ2v) is 4.02. The summed E-state index contributed by atoms with van der Waals surface area (Å²) in [6, 6.07) is 6.44. The molecular weight excluding hydrogens is 234 g/mol. The van der Waals surface area contributed by atoms with E-state index >= 15 is 0 Å². The van der Waals surface area contributed by atoms with Gasteiger partial charge in [-0.1, -0.05) is 0 Å². The molecule has 1 aromatic rings. The fourth-order valence-corrected chi connectivity index (χ4v) is 1.90. The van der Waals surface area contributed by atoms with E-state index in [-0.39, 0.29) is 5.78 Å². The third kappa shape index (κ3) is 2.25. The molecule has 0 unspecified atom stereocenters. The zero-order chi connectivity index (χ0) is 13.1. The van der Waals surface area contributed by atoms with E-state index in [1.54, 1.807) is 24.3 Å². The lowest BCUT2D eigenvalue weighted by Crippen LogP contribution is -2.41. The minimum atomic E-state index is -0.480. The van der Waals surface area contributed by atoms with Gasteiger partial charge in [-0.05, 0) is 30.7 Å². The summed E-state index contributed by atoms with van der Waals surface area (Å²) in [6.07, 6.45) is 0.985. The second-order valence-electron chi connectivity index (χ2n) is 4.02. The summed E-state index contributed by atoms with van der Waals surface area (Å²) in [5.41, 5.74) is 1.04. The van der Waals surface area contributed by atoms with Gasteiger partial charge in [0.25, 0.3) is 5.91 Å². The van der Waals surface area contributed by atoms with Crippen LogP contribution in [0.4, 0.5) is 5.69 Å². The lowest BCUT2D eigenvalue weighted by molar-refractivity contribution is -0.137. The van der Waals surface area contributed by atoms with Crippen molar-refractivity contribution >= 4 is 23.3 Å². The molecule has 1 aliphatic heterocycles. The number of nitrogens with zero attached hydrogens (tertiary/aromatic N) is 1. The normalized spacial score (nSPS) is 15.7. The first-order chi connectivity index (χ1) is 8.63. The van der Waals surface area contributed by atoms with Crippen molar-refractivity contribution in [1.82, 2.24) is 0 Å². The average molecular weight is 247 g/mol. The second kappa shape index (κ2) is 5.00. The van der Waals surface area contributed by atoms with Crippen LogP contribution in [0, 0.1) is 0 Å². The van der Waals surface area contributed by atoms with E-state index in [2.05, 4.69) is 4.74 Å². The number of amides is 1. The lowest BCUT2D eigenvalue weighted by Gasteiger charge is -2.25. The molecule has 0 saturated carbocycles. The van der Waals surface area contributed by atoms with Gasteiger partial charge in [-0.2, -0.15) is 0 Å². The van der Waals surface area contributed by atoms with Crippen LogP contribution in [0.3, 0.4) is 0 Å². The summed E-state index contributed by atoms with van der Waals surface area (Å²) in [4.78, 5) is 35.7. The predicted molar refractivity (Wildman–Crippen MR) is 64.4 cm³/mol. The molecule has 5 nitrogen and oxygen atoms in total. The summed E-state index contributed by atoms with van der Waals surface area (Å²) < 4.78 is 4.59. The highest BCUT2D eigenvalue weighted by atomic mass is 16.5. The monoisotopic (exact) mass is 247 g/mol. The van der Waals surface area contributed by atoms with E-state index in [9.17, 15) is 14.4 Å². The van der Waals surface area contributed by atoms with Gasteiger partial charge in [-0.3, -0.25) is 9.59 Å². The minimum Gasteiger partial charge on any atom is -0.465 e. The third-order valence-electron chi connectivity index (χ3n) is 2.87. The first-order valence-electron chi connectivity index (χ1n) is 5.66. The summed E-state index contributed by atoms with van der Waals surface area (Å²) in [5.74, 6) is -1.27. The first kappa shape index (κ1) is 12.3. The number of hydrogen-bond acceptors (Lipinski definition) is 4. The van der Waals surface area contributed by atoms with Crippen molar-refractivity contribution in [2.45, 2.75) is 12.8 Å². The van der Waals surface area contributed by atoms with Gasteiger partial charge in [0, 0.05) is 18.7 Å². The molecule has 0 bridgehead atoms. The highest BCUT2D eigenvalue weighted by Crippen LogP contribution is 2.20. The molecule has 0 spiro atoms. The maximum absolute atomic E-state index is 11.7. The number of anilines is 1. The molecule has 0 aromatic heterocycles. The molecule has 5 heteroatoms. The number of benzene rings is 1. The van der Waals surface area contributed by atoms with Crippen LogP contribution in [-0.2, 0) is 14.3 Å². The van der Waals surface area contributed by atoms with Crippen LogP contribution in [-0.4, -0.2) is 31.3 Å². The Morgan fingerprint density at radius 3 is 2.50 bits per heavy atom. The Labute approximate surface area is 104 Å². The number of piperidine rings is 1. The van der Waals surface area contributed by atoms with Crippen LogP contribution in [0.25, 0.3) is 0 Å². The standard InChI is InChI=1S/C13H13NO4/c1-18-13(17)9-4-6-10(7-5-9)14-8-2-3-11(15)12(14)16/h4-7H,2-3,8H2,1H3. The molecule has 0 aliphatic carbocycles. The maximum atomic E-state index is 11.7. The van der Waals surface area contributed by atoms with Crippen LogP contribution < -0.4 is 4.90 Å². The smallest absolute Gasteiger partial charge is 0.337 e. The van der Waals surface area contributed by atoms with Gasteiger partial charge < -0.3 is 9.64 Å². The van der Waals surface area contributed by atoms with Crippen molar-refractivity contribution in [3.05, 3.63) is 29.8 Å². The molecule has 0 N–H and O–H groups in total. The van der Waals surface area contributed by atoms with Crippen molar-refractivity contribution < 1.29 is 19.1 Å². The Kier molecular flexibility index (Phi) is 3.41. The summed E-state index contributed by atoms with van der Waals surface area (Å²) in [6.45, 7) is 0.530. The molecule has 1 amide bonds. The topological polar surface area (TPSA) is 63.7 Å². The molecule has 1 heterocycles. The van der Waals surface area contributed by atoms with Crippen LogP contribution in [0.5, 0.6) is 0 Å². The zero-order valence-electron chi connectivity index (χ0n) is 10.0. The molecule has 0 radical (unpaired) electrons. The van der Waals surface area contributed by atoms with Gasteiger partial charge in [0.05, 0.1) is 12.7 Å². The Morgan fingerprint density at radius 1 is 1.22 bits per heavy atom. The third-order valence-corrected chi connectivity index (χ3v) is 2.87. The first-order valence-corrected chi connectivity index (χ1v) is 5.66. The Balaban J connectivity index is 2.21. The van der Waals surface area contributed by atoms with Gasteiger partial charge >= 0.3 is 5.97 Å². The van der Waals surface area contributed by atoms with Crippen molar-refractivity contribution in [2.75, 3.05) is 18.6 Å². The molecule has 1 saturated heterocycles. The molecule has 2 rings (SSSR count). The number of methoxy groups -OCH3 is 1. The van der Waals surface area contributed by atoms with Crippen LogP contribution in [0.1, 0.15) is 23.2 Å². The largest absolute Gasteiger partial charge is 0.465 e. The van der Waals surface area contributed by atoms with Gasteiger partial charge in [0.2, 0.25) is 5.78 Å². The molecule has 1 aliphatic rings. The summed E-state index contributed by atoms with van der Waals surface area (Å²) in [5, 5.41) is 0. The maximum Gasteiger partial charge on any atom is 0.337 e. The number of ketones is 1. The molecule has 1 fully saturated rings. The zero-order valence-corrected chi connectivity index (χ0v) is 10.0. The molecule has 1 aromatic carbocycles. The summed E-state index contributed by atoms with van der Waals surface area (Å²) >= 11 is 0. The number of rotatable bonds is 2. The van der Waals surface area contributed by atoms with E-state index in [1.807, 2.05) is 0 Å². The number of hydrogen-bond donors (Lipinski definition) is 0. The van der Waals surface area contributed by atoms with E-state index in [0.29, 0.717) is 30.6 Å². The number of carbonyl (C=O) groups excluding carboxylic acids is 3. The van der Waals surface area contributed by atoms with Crippen LogP contribution in [0.2, 0.25) is 0 Å². The van der Waals surface area contributed by atoms with Crippen molar-refractivity contribution in [1.29, 1.82) is 0 Å². The Bertz CT molecular complexity index is 492. The van der Waals surface area contributed by atoms with E-state index < -0.39 is 11.9 Å². The van der Waals surface area contributed by atoms with Crippen LogP contribution in [0.15, 0.2) is 24.3 Å². The van der Waals surface area contributed by atoms with E-state index in [0.717, 1.165) is 0 Å². The number of carbonyl (C=O) groups is 3. The number of esters is 1. The number of Topliss-reactive ketones (excluding diaryl/α,β-unsaturated/α-hetero) is 1. The van der Waals surface area contributed by atoms with Gasteiger partial charge in [-0.15, -0.1) is 0 Å². The van der Waals surface area contributed by atoms with Crippen molar-refractivity contribution in [3.8, 4) is 0 Å². The quantitative estimate of drug-likeness (QED) is 0.581. The highest BCUT2D eigenvalue weighted by molar-refractivity contribution is 6.41. The Hall–Kier alpha value is -2.17. The fourth-order valence-electron chi connectivity index (χ4n) is 1.90. The van der Waals surface area contributed by atoms with Gasteiger partial charge in [0.1, 0.15) is 0 Å². The van der Waals surface area contributed by atoms with Crippen molar-refractivity contribution in [2.24, 2.45) is 0 Å². The molecule has 18 heavy (non-hydrogen) atoms. The average Bonchev–Trinajstić information content (AvgIpc) is 2.41. The highest BCUT2D eigenvalue weighted by Gasteiger charge is 2.27. The fraction of sp³-hybridized carbons (Fsp3) is 0.308. The van der Waals surface area contributed by atoms with Crippen molar-refractivity contribution in [3.63, 3.8) is 0 Å². The van der Waals surface area contributed by atoms with E-state index in [4.69, 9.17) is 0 Å². The molecule has 0 atom stereocenters. The van der Waals surface area contributed by atoms with Gasteiger partial charge in [-0.25, -0.2) is 4.79 Å². The van der Waals surface area contributed by atoms with Gasteiger partial charge in [0.15, 0.2) is 0 Å². The molecular formula is C13H13NO4. The predicted octanol–water partition coefficient (Wildman–Crippen LogP) is 1.17. The molecule has 94 valence electrons. The summed E-state index contributed by atoms with van der Waals surface area (Å²) in [7, 11) is 1.31. The lowest BCUT2D eigenvalue weighted by atomic mass is 10.1. The van der Waals surface area contributed by atoms with E-state index in [1.165, 1.54) is 12.0 Å². The minimum absolute atomic E-state index is 0.315. The SMILES string of the molecule is COC(=O)c1ccc(N2CCCC(=O)C2=O)cc1. The van der Waals surface area contributed by atoms with Crippen LogP contribution >= 0.6 is 0 Å². The number of ether oxygens (including phenoxy) is 1. The Morgan fingerprint density at radius 2 is 1.89 bits per heavy atom.